The van der Waals surface area contributed by atoms with Crippen LogP contribution >= 0.6 is 0 Å². The van der Waals surface area contributed by atoms with Gasteiger partial charge in [-0.2, -0.15) is 0 Å². The Balaban J connectivity index is 1.54. The number of fused-ring (bicyclic) bond motifs is 2. The monoisotopic (exact) mass is 295 g/mol. The second-order valence-corrected chi connectivity index (χ2v) is 5.25. The number of anilines is 1. The van der Waals surface area contributed by atoms with Crippen molar-refractivity contribution < 1.29 is 9.32 Å². The van der Waals surface area contributed by atoms with Gasteiger partial charge in [0.25, 0.3) is 0 Å². The Labute approximate surface area is 125 Å². The van der Waals surface area contributed by atoms with Crippen LogP contribution in [0.25, 0.3) is 11.0 Å². The van der Waals surface area contributed by atoms with E-state index in [1.165, 1.54) is 0 Å². The smallest absolute Gasteiger partial charge is 0.229 e. The van der Waals surface area contributed by atoms with Crippen LogP contribution in [0.2, 0.25) is 0 Å². The zero-order chi connectivity index (χ0) is 15.1. The van der Waals surface area contributed by atoms with Crippen LogP contribution in [0.3, 0.4) is 0 Å². The van der Waals surface area contributed by atoms with Crippen molar-refractivity contribution in [1.29, 1.82) is 0 Å². The minimum atomic E-state index is -0.0179. The molecule has 1 amide bonds. The maximum Gasteiger partial charge on any atom is 0.229 e. The third-order valence-electron chi connectivity index (χ3n) is 3.80. The molecule has 3 heterocycles. The third kappa shape index (κ3) is 2.07. The van der Waals surface area contributed by atoms with Gasteiger partial charge in [0.05, 0.1) is 18.7 Å². The van der Waals surface area contributed by atoms with Gasteiger partial charge in [-0.25, -0.2) is 9.97 Å². The number of hydrogen-bond acceptors (Lipinski definition) is 6. The SMILES string of the molecule is Nc1ncc2c(n1)CN(C(=O)Cc1noc3ccccc13)C2. The maximum absolute atomic E-state index is 12.5. The average Bonchev–Trinajstić information content (AvgIpc) is 3.11. The molecule has 1 aromatic carbocycles. The number of nitrogens with zero attached hydrogens (tertiary/aromatic N) is 4. The molecule has 2 aromatic heterocycles. The molecule has 0 unspecified atom stereocenters. The summed E-state index contributed by atoms with van der Waals surface area (Å²) in [6, 6.07) is 7.51. The summed E-state index contributed by atoms with van der Waals surface area (Å²) in [5, 5.41) is 4.87. The van der Waals surface area contributed by atoms with E-state index < -0.39 is 0 Å². The van der Waals surface area contributed by atoms with Crippen molar-refractivity contribution in [2.75, 3.05) is 5.73 Å². The molecule has 7 nitrogen and oxygen atoms in total. The third-order valence-corrected chi connectivity index (χ3v) is 3.80. The predicted octanol–water partition coefficient (Wildman–Crippen LogP) is 1.28. The molecule has 0 bridgehead atoms. The van der Waals surface area contributed by atoms with E-state index in [-0.39, 0.29) is 18.3 Å². The summed E-state index contributed by atoms with van der Waals surface area (Å²) in [6.07, 6.45) is 1.88. The van der Waals surface area contributed by atoms with Gasteiger partial charge in [0.2, 0.25) is 11.9 Å². The first-order chi connectivity index (χ1) is 10.7. The standard InChI is InChI=1S/C15H13N5O2/c16-15-17-6-9-7-20(8-12(9)18-15)14(21)5-11-10-3-1-2-4-13(10)22-19-11/h1-4,6H,5,7-8H2,(H2,16,17,18). The fourth-order valence-corrected chi connectivity index (χ4v) is 2.67. The summed E-state index contributed by atoms with van der Waals surface area (Å²) >= 11 is 0. The molecule has 22 heavy (non-hydrogen) atoms. The molecule has 1 aliphatic rings. The molecule has 1 aliphatic heterocycles. The van der Waals surface area contributed by atoms with Crippen molar-refractivity contribution in [1.82, 2.24) is 20.0 Å². The molecule has 0 aliphatic carbocycles. The van der Waals surface area contributed by atoms with E-state index >= 15 is 0 Å². The van der Waals surface area contributed by atoms with Crippen LogP contribution in [0, 0.1) is 0 Å². The topological polar surface area (TPSA) is 98.1 Å². The van der Waals surface area contributed by atoms with E-state index in [1.807, 2.05) is 24.3 Å². The highest BCUT2D eigenvalue weighted by atomic mass is 16.5. The molecular formula is C15H13N5O2. The highest BCUT2D eigenvalue weighted by molar-refractivity contribution is 5.86. The van der Waals surface area contributed by atoms with Crippen LogP contribution in [0.4, 0.5) is 5.95 Å². The Morgan fingerprint density at radius 2 is 2.18 bits per heavy atom. The quantitative estimate of drug-likeness (QED) is 0.765. The van der Waals surface area contributed by atoms with Crippen LogP contribution < -0.4 is 5.73 Å². The number of amides is 1. The van der Waals surface area contributed by atoms with E-state index in [1.54, 1.807) is 11.1 Å². The highest BCUT2D eigenvalue weighted by Gasteiger charge is 2.26. The average molecular weight is 295 g/mol. The molecule has 0 atom stereocenters. The fraction of sp³-hybridized carbons (Fsp3) is 0.200. The lowest BCUT2D eigenvalue weighted by Gasteiger charge is -2.13. The van der Waals surface area contributed by atoms with Crippen LogP contribution in [-0.2, 0) is 24.3 Å². The normalized spacial score (nSPS) is 13.5. The summed E-state index contributed by atoms with van der Waals surface area (Å²) in [6.45, 7) is 0.959. The second kappa shape index (κ2) is 4.80. The molecule has 0 spiro atoms. The maximum atomic E-state index is 12.5. The molecule has 110 valence electrons. The zero-order valence-electron chi connectivity index (χ0n) is 11.7. The Morgan fingerprint density at radius 3 is 3.09 bits per heavy atom. The van der Waals surface area contributed by atoms with E-state index in [4.69, 9.17) is 10.3 Å². The summed E-state index contributed by atoms with van der Waals surface area (Å²) in [5.41, 5.74) is 8.67. The zero-order valence-corrected chi connectivity index (χ0v) is 11.7. The van der Waals surface area contributed by atoms with Gasteiger partial charge in [-0.3, -0.25) is 4.79 Å². The minimum absolute atomic E-state index is 0.0179. The van der Waals surface area contributed by atoms with Crippen LogP contribution in [0.5, 0.6) is 0 Å². The Bertz CT molecular complexity index is 873. The first kappa shape index (κ1) is 12.8. The molecule has 4 rings (SSSR count). The first-order valence-electron chi connectivity index (χ1n) is 6.92. The summed E-state index contributed by atoms with van der Waals surface area (Å²) in [7, 11) is 0. The Morgan fingerprint density at radius 1 is 1.32 bits per heavy atom. The van der Waals surface area contributed by atoms with Gasteiger partial charge >= 0.3 is 0 Å². The lowest BCUT2D eigenvalue weighted by Crippen LogP contribution is -2.27. The molecule has 0 saturated carbocycles. The summed E-state index contributed by atoms with van der Waals surface area (Å²) < 4.78 is 5.23. The van der Waals surface area contributed by atoms with E-state index in [2.05, 4.69) is 15.1 Å². The van der Waals surface area contributed by atoms with Crippen molar-refractivity contribution in [2.24, 2.45) is 0 Å². The summed E-state index contributed by atoms with van der Waals surface area (Å²) in [5.74, 6) is 0.214. The number of para-hydroxylation sites is 1. The molecular weight excluding hydrogens is 282 g/mol. The molecule has 0 saturated heterocycles. The Hall–Kier alpha value is -2.96. The minimum Gasteiger partial charge on any atom is -0.368 e. The van der Waals surface area contributed by atoms with Crippen molar-refractivity contribution in [3.05, 3.63) is 47.4 Å². The van der Waals surface area contributed by atoms with Gasteiger partial charge in [-0.1, -0.05) is 17.3 Å². The number of benzene rings is 1. The number of rotatable bonds is 2. The number of hydrogen-bond donors (Lipinski definition) is 1. The molecule has 3 aromatic rings. The predicted molar refractivity (Wildman–Crippen MR) is 78.4 cm³/mol. The van der Waals surface area contributed by atoms with Crippen LogP contribution in [0.1, 0.15) is 17.0 Å². The fourth-order valence-electron chi connectivity index (χ4n) is 2.67. The van der Waals surface area contributed by atoms with Crippen molar-refractivity contribution >= 4 is 22.8 Å². The van der Waals surface area contributed by atoms with Gasteiger partial charge in [0.15, 0.2) is 5.58 Å². The first-order valence-corrected chi connectivity index (χ1v) is 6.92. The second-order valence-electron chi connectivity index (χ2n) is 5.25. The molecule has 2 N–H and O–H groups in total. The van der Waals surface area contributed by atoms with E-state index in [9.17, 15) is 4.79 Å². The van der Waals surface area contributed by atoms with Crippen LogP contribution in [-0.4, -0.2) is 25.9 Å². The van der Waals surface area contributed by atoms with Crippen molar-refractivity contribution in [2.45, 2.75) is 19.5 Å². The number of carbonyl (C=O) groups is 1. The number of carbonyl (C=O) groups excluding carboxylic acids is 1. The molecule has 0 fully saturated rings. The number of nitrogens with two attached hydrogens (primary N) is 1. The van der Waals surface area contributed by atoms with E-state index in [0.717, 1.165) is 16.6 Å². The lowest BCUT2D eigenvalue weighted by molar-refractivity contribution is -0.131. The highest BCUT2D eigenvalue weighted by Crippen LogP contribution is 2.23. The van der Waals surface area contributed by atoms with E-state index in [0.29, 0.717) is 24.4 Å². The Kier molecular flexibility index (Phi) is 2.78. The van der Waals surface area contributed by atoms with Gasteiger partial charge in [0.1, 0.15) is 5.69 Å². The molecule has 7 heteroatoms. The van der Waals surface area contributed by atoms with Gasteiger partial charge < -0.3 is 15.2 Å². The van der Waals surface area contributed by atoms with Gasteiger partial charge in [0, 0.05) is 23.7 Å². The van der Waals surface area contributed by atoms with Crippen LogP contribution in [0.15, 0.2) is 35.0 Å². The lowest BCUT2D eigenvalue weighted by atomic mass is 10.1. The van der Waals surface area contributed by atoms with Gasteiger partial charge in [-0.05, 0) is 12.1 Å². The number of aromatic nitrogens is 3. The molecule has 0 radical (unpaired) electrons. The summed E-state index contributed by atoms with van der Waals surface area (Å²) in [4.78, 5) is 22.3. The number of nitrogen functional groups attached to an aromatic ring is 1. The van der Waals surface area contributed by atoms with Gasteiger partial charge in [-0.15, -0.1) is 0 Å². The van der Waals surface area contributed by atoms with Crippen molar-refractivity contribution in [3.63, 3.8) is 0 Å². The van der Waals surface area contributed by atoms with Crippen molar-refractivity contribution in [3.8, 4) is 0 Å². The largest absolute Gasteiger partial charge is 0.368 e.